The molecule has 0 radical (unpaired) electrons. The van der Waals surface area contributed by atoms with E-state index in [0.29, 0.717) is 5.56 Å². The fraction of sp³-hybridized carbons (Fsp3) is 0.167. The van der Waals surface area contributed by atoms with Crippen LogP contribution in [-0.4, -0.2) is 23.2 Å². The van der Waals surface area contributed by atoms with Gasteiger partial charge in [0.05, 0.1) is 17.3 Å². The highest BCUT2D eigenvalue weighted by Crippen LogP contribution is 2.22. The summed E-state index contributed by atoms with van der Waals surface area (Å²) in [6, 6.07) is 6.05. The second kappa shape index (κ2) is 6.10. The summed E-state index contributed by atoms with van der Waals surface area (Å²) in [4.78, 5) is 0.134. The van der Waals surface area contributed by atoms with E-state index in [2.05, 4.69) is 9.82 Å². The second-order valence-corrected chi connectivity index (χ2v) is 6.86. The maximum Gasteiger partial charge on any atom is 0.242 e. The van der Waals surface area contributed by atoms with Gasteiger partial charge in [-0.3, -0.25) is 4.68 Å². The van der Waals surface area contributed by atoms with E-state index in [-0.39, 0.29) is 21.5 Å². The van der Waals surface area contributed by atoms with Crippen LogP contribution in [-0.2, 0) is 23.6 Å². The van der Waals surface area contributed by atoms with Crippen LogP contribution in [0.25, 0.3) is 0 Å². The Hall–Kier alpha value is -1.48. The summed E-state index contributed by atoms with van der Waals surface area (Å²) in [7, 11) is -2.00. The Morgan fingerprint density at radius 3 is 2.71 bits per heavy atom. The minimum Gasteiger partial charge on any atom is -0.389 e. The lowest BCUT2D eigenvalue weighted by Gasteiger charge is -2.09. The molecule has 1 aromatic heterocycles. The summed E-state index contributed by atoms with van der Waals surface area (Å²) in [5.41, 5.74) is 6.72. The quantitative estimate of drug-likeness (QED) is 0.795. The lowest BCUT2D eigenvalue weighted by molar-refractivity contribution is 0.577. The van der Waals surface area contributed by atoms with Crippen LogP contribution in [0.1, 0.15) is 11.3 Å². The summed E-state index contributed by atoms with van der Waals surface area (Å²) >= 11 is 10.8. The Balaban J connectivity index is 2.23. The van der Waals surface area contributed by atoms with Gasteiger partial charge in [0, 0.05) is 18.8 Å². The van der Waals surface area contributed by atoms with Gasteiger partial charge in [-0.05, 0) is 18.2 Å². The number of aryl methyl sites for hydroxylation is 1. The van der Waals surface area contributed by atoms with Gasteiger partial charge in [0.2, 0.25) is 10.0 Å². The van der Waals surface area contributed by atoms with E-state index >= 15 is 0 Å². The Morgan fingerprint density at radius 2 is 2.19 bits per heavy atom. The van der Waals surface area contributed by atoms with Crippen LogP contribution in [0.3, 0.4) is 0 Å². The molecule has 0 spiro atoms. The van der Waals surface area contributed by atoms with Gasteiger partial charge in [0.1, 0.15) is 9.88 Å². The Bertz CT molecular complexity index is 786. The highest BCUT2D eigenvalue weighted by molar-refractivity contribution is 7.89. The number of hydrogen-bond acceptors (Lipinski definition) is 4. The number of nitrogens with two attached hydrogens (primary N) is 1. The van der Waals surface area contributed by atoms with Gasteiger partial charge in [-0.25, -0.2) is 13.1 Å². The van der Waals surface area contributed by atoms with Crippen molar-refractivity contribution in [2.45, 2.75) is 11.4 Å². The van der Waals surface area contributed by atoms with Gasteiger partial charge in [-0.15, -0.1) is 0 Å². The molecule has 2 rings (SSSR count). The smallest absolute Gasteiger partial charge is 0.242 e. The molecule has 3 N–H and O–H groups in total. The summed E-state index contributed by atoms with van der Waals surface area (Å²) in [6.07, 6.45) is 1.59. The van der Waals surface area contributed by atoms with Gasteiger partial charge in [-0.2, -0.15) is 5.10 Å². The Morgan fingerprint density at radius 1 is 1.48 bits per heavy atom. The summed E-state index contributed by atoms with van der Waals surface area (Å²) in [5.74, 6) is 0. The third-order valence-corrected chi connectivity index (χ3v) is 4.99. The molecule has 0 unspecified atom stereocenters. The van der Waals surface area contributed by atoms with E-state index in [0.717, 1.165) is 5.69 Å². The van der Waals surface area contributed by atoms with Crippen LogP contribution in [0.2, 0.25) is 5.02 Å². The van der Waals surface area contributed by atoms with E-state index < -0.39 is 10.0 Å². The van der Waals surface area contributed by atoms with Crippen molar-refractivity contribution in [2.75, 3.05) is 0 Å². The van der Waals surface area contributed by atoms with Crippen LogP contribution in [0.5, 0.6) is 0 Å². The van der Waals surface area contributed by atoms with Crippen molar-refractivity contribution in [1.29, 1.82) is 0 Å². The minimum absolute atomic E-state index is 0.0219. The van der Waals surface area contributed by atoms with Crippen molar-refractivity contribution in [3.05, 3.63) is 46.7 Å². The molecule has 0 saturated heterocycles. The zero-order valence-electron chi connectivity index (χ0n) is 11.1. The highest BCUT2D eigenvalue weighted by Gasteiger charge is 2.18. The molecule has 21 heavy (non-hydrogen) atoms. The van der Waals surface area contributed by atoms with Gasteiger partial charge in [0.15, 0.2) is 0 Å². The number of benzene rings is 1. The van der Waals surface area contributed by atoms with E-state index in [4.69, 9.17) is 29.6 Å². The minimum atomic E-state index is -3.73. The summed E-state index contributed by atoms with van der Waals surface area (Å²) in [6.45, 7) is 0.117. The van der Waals surface area contributed by atoms with Crippen molar-refractivity contribution < 1.29 is 8.42 Å². The van der Waals surface area contributed by atoms with E-state index in [1.807, 2.05) is 0 Å². The lowest BCUT2D eigenvalue weighted by atomic mass is 10.2. The average molecular weight is 345 g/mol. The first kappa shape index (κ1) is 15.9. The third-order valence-electron chi connectivity index (χ3n) is 2.87. The van der Waals surface area contributed by atoms with Gasteiger partial charge >= 0.3 is 0 Å². The fourth-order valence-corrected chi connectivity index (χ4v) is 3.36. The van der Waals surface area contributed by atoms with Crippen LogP contribution < -0.4 is 10.5 Å². The number of sulfonamides is 1. The van der Waals surface area contributed by atoms with Crippen molar-refractivity contribution in [1.82, 2.24) is 14.5 Å². The van der Waals surface area contributed by atoms with Crippen molar-refractivity contribution >= 4 is 38.8 Å². The number of thiocarbonyl (C=S) groups is 1. The molecule has 1 aromatic carbocycles. The zero-order chi connectivity index (χ0) is 15.6. The summed E-state index contributed by atoms with van der Waals surface area (Å²) in [5, 5.41) is 4.03. The van der Waals surface area contributed by atoms with Crippen LogP contribution >= 0.6 is 23.8 Å². The molecule has 6 nitrogen and oxygen atoms in total. The third kappa shape index (κ3) is 3.59. The monoisotopic (exact) mass is 344 g/mol. The number of nitrogens with zero attached hydrogens (tertiary/aromatic N) is 2. The van der Waals surface area contributed by atoms with Crippen LogP contribution in [0.4, 0.5) is 0 Å². The van der Waals surface area contributed by atoms with Crippen LogP contribution in [0, 0.1) is 0 Å². The first-order valence-corrected chi connectivity index (χ1v) is 8.14. The fourth-order valence-electron chi connectivity index (χ4n) is 1.69. The predicted molar refractivity (Wildman–Crippen MR) is 84.6 cm³/mol. The van der Waals surface area contributed by atoms with Gasteiger partial charge in [-0.1, -0.05) is 29.9 Å². The molecular formula is C12H13ClN4O2S2. The molecule has 0 fully saturated rings. The molecule has 0 aliphatic rings. The second-order valence-electron chi connectivity index (χ2n) is 4.28. The number of rotatable bonds is 5. The van der Waals surface area contributed by atoms with Crippen LogP contribution in [0.15, 0.2) is 35.4 Å². The number of nitrogens with one attached hydrogen (secondary N) is 1. The molecular weight excluding hydrogens is 332 g/mol. The largest absolute Gasteiger partial charge is 0.389 e. The summed E-state index contributed by atoms with van der Waals surface area (Å²) < 4.78 is 28.6. The molecule has 0 aliphatic carbocycles. The molecule has 0 aliphatic heterocycles. The topological polar surface area (TPSA) is 90.0 Å². The van der Waals surface area contributed by atoms with Crippen molar-refractivity contribution in [3.63, 3.8) is 0 Å². The SMILES string of the molecule is Cn1nccc1CNS(=O)(=O)c1ccc(C(N)=S)cc1Cl. The van der Waals surface area contributed by atoms with E-state index in [1.54, 1.807) is 24.0 Å². The maximum atomic E-state index is 12.3. The number of halogens is 1. The zero-order valence-corrected chi connectivity index (χ0v) is 13.5. The Kier molecular flexibility index (Phi) is 4.62. The van der Waals surface area contributed by atoms with Crippen molar-refractivity contribution in [3.8, 4) is 0 Å². The van der Waals surface area contributed by atoms with Gasteiger partial charge in [0.25, 0.3) is 0 Å². The standard InChI is InChI=1S/C12H13ClN4O2S2/c1-17-9(4-5-15-17)7-16-21(18,19)11-3-2-8(12(14)20)6-10(11)13/h2-6,16H,7H2,1H3,(H2,14,20). The molecule has 112 valence electrons. The maximum absolute atomic E-state index is 12.3. The highest BCUT2D eigenvalue weighted by atomic mass is 35.5. The molecule has 2 aromatic rings. The van der Waals surface area contributed by atoms with Crippen molar-refractivity contribution in [2.24, 2.45) is 12.8 Å². The normalized spacial score (nSPS) is 11.5. The number of aromatic nitrogens is 2. The molecule has 0 bridgehead atoms. The average Bonchev–Trinajstić information content (AvgIpc) is 2.81. The van der Waals surface area contributed by atoms with E-state index in [9.17, 15) is 8.42 Å². The molecule has 0 saturated carbocycles. The van der Waals surface area contributed by atoms with E-state index in [1.165, 1.54) is 18.2 Å². The van der Waals surface area contributed by atoms with Gasteiger partial charge < -0.3 is 5.73 Å². The Labute approximate surface area is 133 Å². The first-order chi connectivity index (χ1) is 9.81. The number of hydrogen-bond donors (Lipinski definition) is 2. The predicted octanol–water partition coefficient (Wildman–Crippen LogP) is 1.19. The molecule has 0 amide bonds. The first-order valence-electron chi connectivity index (χ1n) is 5.87. The molecule has 1 heterocycles. The molecule has 0 atom stereocenters. The molecule has 9 heteroatoms. The lowest BCUT2D eigenvalue weighted by Crippen LogP contribution is -2.25.